The zero-order chi connectivity index (χ0) is 19.2. The Balaban J connectivity index is 2.08. The van der Waals surface area contributed by atoms with E-state index < -0.39 is 4.92 Å². The molecule has 0 aliphatic carbocycles. The summed E-state index contributed by atoms with van der Waals surface area (Å²) in [7, 11) is 0. The first-order chi connectivity index (χ1) is 13.1. The van der Waals surface area contributed by atoms with Crippen molar-refractivity contribution in [2.75, 3.05) is 0 Å². The fraction of sp³-hybridized carbons (Fsp3) is 0. The molecule has 128 valence electrons. The molecule has 0 aromatic heterocycles. The molecule has 5 heteroatoms. The lowest BCUT2D eigenvalue weighted by molar-refractivity contribution is -0.384. The maximum Gasteiger partial charge on any atom is 0.270 e. The highest BCUT2D eigenvalue weighted by Crippen LogP contribution is 2.30. The highest BCUT2D eigenvalue weighted by molar-refractivity contribution is 5.86. The lowest BCUT2D eigenvalue weighted by Crippen LogP contribution is -1.93. The minimum atomic E-state index is -0.484. The number of nitro benzene ring substituents is 1. The van der Waals surface area contributed by atoms with Crippen LogP contribution in [-0.4, -0.2) is 4.92 Å². The highest BCUT2D eigenvalue weighted by Gasteiger charge is 2.14. The number of nitro groups is 1. The predicted molar refractivity (Wildman–Crippen MR) is 103 cm³/mol. The molecule has 0 unspecified atom stereocenters. The molecule has 27 heavy (non-hydrogen) atoms. The predicted octanol–water partition coefficient (Wildman–Crippen LogP) is 5.46. The van der Waals surface area contributed by atoms with Gasteiger partial charge in [-0.15, -0.1) is 0 Å². The molecule has 0 bridgehead atoms. The number of benzene rings is 3. The van der Waals surface area contributed by atoms with Crippen molar-refractivity contribution in [2.45, 2.75) is 0 Å². The minimum Gasteiger partial charge on any atom is -0.258 e. The number of rotatable bonds is 4. The zero-order valence-corrected chi connectivity index (χ0v) is 14.2. The van der Waals surface area contributed by atoms with Crippen molar-refractivity contribution in [2.24, 2.45) is 0 Å². The third-order valence-electron chi connectivity index (χ3n) is 4.10. The van der Waals surface area contributed by atoms with Gasteiger partial charge in [-0.2, -0.15) is 0 Å². The standard InChI is InChI=1S/C22H13N3O2/c1-24-21(15-23)22(19-11-13-20(14-12-19)25(26)27)18-9-7-17(8-10-18)16-5-3-2-4-6-16/h2-14H. The van der Waals surface area contributed by atoms with Crippen molar-refractivity contribution in [3.63, 3.8) is 0 Å². The molecule has 3 aromatic rings. The molecule has 3 aromatic carbocycles. The lowest BCUT2D eigenvalue weighted by Gasteiger charge is -2.10. The zero-order valence-electron chi connectivity index (χ0n) is 14.2. The van der Waals surface area contributed by atoms with Gasteiger partial charge in [0.1, 0.15) is 0 Å². The normalized spacial score (nSPS) is 11.0. The van der Waals surface area contributed by atoms with Crippen LogP contribution >= 0.6 is 0 Å². The summed E-state index contributed by atoms with van der Waals surface area (Å²) in [5, 5.41) is 20.2. The topological polar surface area (TPSA) is 71.3 Å². The maximum absolute atomic E-state index is 10.9. The Labute approximate surface area is 156 Å². The van der Waals surface area contributed by atoms with E-state index >= 15 is 0 Å². The van der Waals surface area contributed by atoms with E-state index in [9.17, 15) is 15.4 Å². The molecule has 0 saturated carbocycles. The second kappa shape index (κ2) is 7.77. The average Bonchev–Trinajstić information content (AvgIpc) is 2.73. The Kier molecular flexibility index (Phi) is 5.07. The van der Waals surface area contributed by atoms with E-state index in [1.54, 1.807) is 12.1 Å². The van der Waals surface area contributed by atoms with E-state index in [-0.39, 0.29) is 11.4 Å². The summed E-state index contributed by atoms with van der Waals surface area (Å²) in [6, 6.07) is 25.2. The van der Waals surface area contributed by atoms with Crippen LogP contribution in [0.3, 0.4) is 0 Å². The highest BCUT2D eigenvalue weighted by atomic mass is 16.6. The summed E-state index contributed by atoms with van der Waals surface area (Å²) in [5.74, 6) is 0. The van der Waals surface area contributed by atoms with Gasteiger partial charge in [0.05, 0.1) is 17.6 Å². The number of non-ortho nitro benzene ring substituents is 1. The summed E-state index contributed by atoms with van der Waals surface area (Å²) in [5.41, 5.74) is 3.73. The number of allylic oxidation sites excluding steroid dienone is 1. The number of hydrogen-bond donors (Lipinski definition) is 0. The van der Waals surface area contributed by atoms with Crippen molar-refractivity contribution in [3.05, 3.63) is 117 Å². The molecule has 0 fully saturated rings. The quantitative estimate of drug-likeness (QED) is 0.271. The second-order valence-electron chi connectivity index (χ2n) is 5.69. The van der Waals surface area contributed by atoms with Gasteiger partial charge in [-0.1, -0.05) is 54.6 Å². The van der Waals surface area contributed by atoms with Gasteiger partial charge in [0.15, 0.2) is 0 Å². The molecule has 0 N–H and O–H groups in total. The van der Waals surface area contributed by atoms with Crippen LogP contribution in [0.25, 0.3) is 21.5 Å². The number of nitriles is 1. The van der Waals surface area contributed by atoms with Crippen LogP contribution in [0, 0.1) is 28.0 Å². The number of nitrogens with zero attached hydrogens (tertiary/aromatic N) is 3. The van der Waals surface area contributed by atoms with E-state index in [0.29, 0.717) is 16.7 Å². The van der Waals surface area contributed by atoms with Crippen LogP contribution in [0.15, 0.2) is 84.6 Å². The Morgan fingerprint density at radius 3 is 1.89 bits per heavy atom. The molecule has 3 rings (SSSR count). The number of hydrogen-bond acceptors (Lipinski definition) is 3. The van der Waals surface area contributed by atoms with E-state index in [1.165, 1.54) is 12.1 Å². The van der Waals surface area contributed by atoms with Gasteiger partial charge in [-0.25, -0.2) is 10.1 Å². The molecule has 0 aliphatic heterocycles. The van der Waals surface area contributed by atoms with Crippen LogP contribution in [0.1, 0.15) is 11.1 Å². The summed E-state index contributed by atoms with van der Waals surface area (Å²) < 4.78 is 0. The van der Waals surface area contributed by atoms with Crippen molar-refractivity contribution >= 4 is 11.3 Å². The lowest BCUT2D eigenvalue weighted by atomic mass is 9.94. The van der Waals surface area contributed by atoms with Crippen molar-refractivity contribution in [3.8, 4) is 17.2 Å². The Hall–Kier alpha value is -4.22. The molecular formula is C22H13N3O2. The first-order valence-electron chi connectivity index (χ1n) is 8.06. The molecule has 0 heterocycles. The van der Waals surface area contributed by atoms with Gasteiger partial charge in [0, 0.05) is 17.7 Å². The van der Waals surface area contributed by atoms with Gasteiger partial charge in [-0.05, 0) is 34.4 Å². The van der Waals surface area contributed by atoms with Crippen LogP contribution in [0.4, 0.5) is 5.69 Å². The second-order valence-corrected chi connectivity index (χ2v) is 5.69. The molecule has 0 saturated heterocycles. The van der Waals surface area contributed by atoms with Crippen molar-refractivity contribution in [1.29, 1.82) is 5.26 Å². The van der Waals surface area contributed by atoms with Crippen molar-refractivity contribution in [1.82, 2.24) is 0 Å². The van der Waals surface area contributed by atoms with Crippen LogP contribution in [0.2, 0.25) is 0 Å². The molecule has 5 nitrogen and oxygen atoms in total. The average molecular weight is 351 g/mol. The van der Waals surface area contributed by atoms with E-state index in [0.717, 1.165) is 11.1 Å². The van der Waals surface area contributed by atoms with Crippen LogP contribution in [-0.2, 0) is 0 Å². The first-order valence-corrected chi connectivity index (χ1v) is 8.06. The summed E-state index contributed by atoms with van der Waals surface area (Å²) >= 11 is 0. The molecule has 0 spiro atoms. The van der Waals surface area contributed by atoms with E-state index in [1.807, 2.05) is 60.7 Å². The molecular weight excluding hydrogens is 338 g/mol. The summed E-state index contributed by atoms with van der Waals surface area (Å²) in [6.07, 6.45) is 0. The van der Waals surface area contributed by atoms with Gasteiger partial charge in [-0.3, -0.25) is 10.1 Å². The van der Waals surface area contributed by atoms with Gasteiger partial charge < -0.3 is 0 Å². The first kappa shape index (κ1) is 17.6. The SMILES string of the molecule is [C-]#[N+]C(C#N)=C(c1ccc(-c2ccccc2)cc1)c1ccc([N+](=O)[O-])cc1. The smallest absolute Gasteiger partial charge is 0.258 e. The monoisotopic (exact) mass is 351 g/mol. The van der Waals surface area contributed by atoms with Crippen LogP contribution in [0.5, 0.6) is 0 Å². The molecule has 0 aliphatic rings. The molecule has 0 radical (unpaired) electrons. The Bertz CT molecular complexity index is 1070. The molecule has 0 amide bonds. The third kappa shape index (κ3) is 3.73. The van der Waals surface area contributed by atoms with Gasteiger partial charge >= 0.3 is 0 Å². The summed E-state index contributed by atoms with van der Waals surface area (Å²) in [6.45, 7) is 7.31. The van der Waals surface area contributed by atoms with E-state index in [4.69, 9.17) is 6.57 Å². The van der Waals surface area contributed by atoms with Gasteiger partial charge in [0.2, 0.25) is 0 Å². The maximum atomic E-state index is 10.9. The fourth-order valence-corrected chi connectivity index (χ4v) is 2.79. The van der Waals surface area contributed by atoms with Crippen LogP contribution < -0.4 is 0 Å². The third-order valence-corrected chi connectivity index (χ3v) is 4.10. The van der Waals surface area contributed by atoms with E-state index in [2.05, 4.69) is 4.85 Å². The Morgan fingerprint density at radius 2 is 1.41 bits per heavy atom. The van der Waals surface area contributed by atoms with Crippen molar-refractivity contribution < 1.29 is 4.92 Å². The fourth-order valence-electron chi connectivity index (χ4n) is 2.79. The minimum absolute atomic E-state index is 0.0427. The Morgan fingerprint density at radius 1 is 0.889 bits per heavy atom. The largest absolute Gasteiger partial charge is 0.270 e. The van der Waals surface area contributed by atoms with Gasteiger partial charge in [0.25, 0.3) is 11.4 Å². The molecule has 0 atom stereocenters. The summed E-state index contributed by atoms with van der Waals surface area (Å²) in [4.78, 5) is 13.7.